The number of nitrogens with one attached hydrogen (secondary N) is 1. The zero-order valence-electron chi connectivity index (χ0n) is 25.6. The van der Waals surface area contributed by atoms with Crippen molar-refractivity contribution in [1.29, 1.82) is 5.26 Å². The normalized spacial score (nSPS) is 14.4. The number of carbonyl (C=O) groups excluding carboxylic acids is 2. The second-order valence-corrected chi connectivity index (χ2v) is 11.2. The minimum atomic E-state index is -0.423. The first-order chi connectivity index (χ1) is 20.8. The molecule has 1 aliphatic heterocycles. The van der Waals surface area contributed by atoms with Gasteiger partial charge in [-0.1, -0.05) is 30.3 Å². The number of aryl methyl sites for hydroxylation is 2. The summed E-state index contributed by atoms with van der Waals surface area (Å²) in [6, 6.07) is 24.4. The Morgan fingerprint density at radius 1 is 1.05 bits per heavy atom. The molecule has 1 unspecified atom stereocenters. The monoisotopic (exact) mass is 582 g/mol. The maximum absolute atomic E-state index is 12.8. The molecule has 0 saturated carbocycles. The number of methoxy groups -OCH3 is 1. The van der Waals surface area contributed by atoms with Gasteiger partial charge in [0.15, 0.2) is 6.61 Å². The largest absolute Gasteiger partial charge is 0.482 e. The van der Waals surface area contributed by atoms with Crippen LogP contribution in [0.2, 0.25) is 0 Å². The first-order valence-electron chi connectivity index (χ1n) is 14.9. The van der Waals surface area contributed by atoms with Crippen LogP contribution in [0.25, 0.3) is 0 Å². The van der Waals surface area contributed by atoms with E-state index in [2.05, 4.69) is 38.9 Å². The number of esters is 1. The summed E-state index contributed by atoms with van der Waals surface area (Å²) in [7, 11) is 1.34. The highest BCUT2D eigenvalue weighted by Crippen LogP contribution is 2.29. The van der Waals surface area contributed by atoms with E-state index in [1.807, 2.05) is 74.5 Å². The molecule has 0 aromatic heterocycles. The second kappa shape index (κ2) is 15.2. The molecule has 1 saturated heterocycles. The highest BCUT2D eigenvalue weighted by molar-refractivity contribution is 5.97. The van der Waals surface area contributed by atoms with E-state index in [4.69, 9.17) is 4.74 Å². The fraction of sp³-hybridized carbons (Fsp3) is 0.400. The molecule has 1 atom stereocenters. The SMILES string of the molecule is COC(=O)COc1ccc(N(Cc2cccc(C#N)c2)C2CCN(C(C)CCNC(=O)c3c(C)cccc3C)CC2)cc1. The predicted octanol–water partition coefficient (Wildman–Crippen LogP) is 5.41. The number of anilines is 1. The Morgan fingerprint density at radius 3 is 2.37 bits per heavy atom. The van der Waals surface area contributed by atoms with Crippen molar-refractivity contribution >= 4 is 17.6 Å². The summed E-state index contributed by atoms with van der Waals surface area (Å²) in [6.07, 6.45) is 2.88. The molecule has 1 heterocycles. The fourth-order valence-electron chi connectivity index (χ4n) is 5.78. The second-order valence-electron chi connectivity index (χ2n) is 11.2. The molecule has 0 radical (unpaired) electrons. The number of nitriles is 1. The third kappa shape index (κ3) is 8.59. The van der Waals surface area contributed by atoms with Crippen LogP contribution < -0.4 is 15.0 Å². The number of carbonyl (C=O) groups is 2. The Kier molecular flexibility index (Phi) is 11.2. The van der Waals surface area contributed by atoms with Gasteiger partial charge in [-0.2, -0.15) is 5.26 Å². The molecule has 8 nitrogen and oxygen atoms in total. The van der Waals surface area contributed by atoms with E-state index in [0.29, 0.717) is 36.5 Å². The average Bonchev–Trinajstić information content (AvgIpc) is 3.03. The molecular formula is C35H42N4O4. The molecule has 1 fully saturated rings. The summed E-state index contributed by atoms with van der Waals surface area (Å²) < 4.78 is 10.2. The van der Waals surface area contributed by atoms with Gasteiger partial charge >= 0.3 is 5.97 Å². The van der Waals surface area contributed by atoms with Crippen molar-refractivity contribution in [2.45, 2.75) is 58.7 Å². The number of hydrogen-bond donors (Lipinski definition) is 1. The standard InChI is InChI=1S/C35H42N4O4/c1-25-7-5-8-26(2)34(25)35(41)37-18-15-27(3)38-19-16-31(17-20-38)39(23-29-10-6-9-28(21-29)22-36)30-11-13-32(14-12-30)43-24-33(40)42-4/h5-14,21,27,31H,15-20,23-24H2,1-4H3,(H,37,41). The van der Waals surface area contributed by atoms with E-state index in [-0.39, 0.29) is 12.5 Å². The van der Waals surface area contributed by atoms with Gasteiger partial charge in [0.05, 0.1) is 18.7 Å². The lowest BCUT2D eigenvalue weighted by Crippen LogP contribution is -2.48. The topological polar surface area (TPSA) is 94.9 Å². The van der Waals surface area contributed by atoms with Crippen LogP contribution in [0.5, 0.6) is 5.75 Å². The van der Waals surface area contributed by atoms with Crippen molar-refractivity contribution < 1.29 is 19.1 Å². The van der Waals surface area contributed by atoms with E-state index in [1.54, 1.807) is 0 Å². The van der Waals surface area contributed by atoms with Crippen LogP contribution in [-0.2, 0) is 16.1 Å². The number of benzene rings is 3. The number of likely N-dealkylation sites (tertiary alicyclic amines) is 1. The Hall–Kier alpha value is -4.35. The van der Waals surface area contributed by atoms with Gasteiger partial charge < -0.3 is 24.6 Å². The van der Waals surface area contributed by atoms with Gasteiger partial charge in [0.2, 0.25) is 0 Å². The highest BCUT2D eigenvalue weighted by Gasteiger charge is 2.27. The molecule has 0 spiro atoms. The Morgan fingerprint density at radius 2 is 1.72 bits per heavy atom. The maximum atomic E-state index is 12.8. The average molecular weight is 583 g/mol. The van der Waals surface area contributed by atoms with E-state index >= 15 is 0 Å². The molecule has 0 bridgehead atoms. The lowest BCUT2D eigenvalue weighted by molar-refractivity contribution is -0.142. The number of piperidine rings is 1. The van der Waals surface area contributed by atoms with E-state index in [9.17, 15) is 14.9 Å². The zero-order valence-corrected chi connectivity index (χ0v) is 25.6. The highest BCUT2D eigenvalue weighted by atomic mass is 16.6. The van der Waals surface area contributed by atoms with Gasteiger partial charge in [-0.05, 0) is 93.1 Å². The van der Waals surface area contributed by atoms with Gasteiger partial charge in [-0.3, -0.25) is 4.79 Å². The molecule has 3 aromatic carbocycles. The van der Waals surface area contributed by atoms with Crippen LogP contribution in [0, 0.1) is 25.2 Å². The Labute approximate surface area is 255 Å². The molecular weight excluding hydrogens is 540 g/mol. The molecule has 8 heteroatoms. The number of nitrogens with zero attached hydrogens (tertiary/aromatic N) is 3. The summed E-state index contributed by atoms with van der Waals surface area (Å²) >= 11 is 0. The molecule has 3 aromatic rings. The van der Waals surface area contributed by atoms with E-state index < -0.39 is 5.97 Å². The van der Waals surface area contributed by atoms with Crippen LogP contribution in [0.3, 0.4) is 0 Å². The quantitative estimate of drug-likeness (QED) is 0.286. The van der Waals surface area contributed by atoms with Crippen LogP contribution in [-0.4, -0.2) is 62.2 Å². The van der Waals surface area contributed by atoms with Crippen molar-refractivity contribution in [2.24, 2.45) is 0 Å². The lowest BCUT2D eigenvalue weighted by atomic mass is 9.99. The van der Waals surface area contributed by atoms with Crippen molar-refractivity contribution in [3.05, 3.63) is 94.5 Å². The van der Waals surface area contributed by atoms with Crippen molar-refractivity contribution in [3.8, 4) is 11.8 Å². The van der Waals surface area contributed by atoms with E-state index in [0.717, 1.165) is 60.3 Å². The van der Waals surface area contributed by atoms with Crippen LogP contribution >= 0.6 is 0 Å². The number of ether oxygens (including phenoxy) is 2. The summed E-state index contributed by atoms with van der Waals surface area (Å²) in [4.78, 5) is 29.2. The maximum Gasteiger partial charge on any atom is 0.343 e. The third-order valence-electron chi connectivity index (χ3n) is 8.28. The van der Waals surface area contributed by atoms with Crippen LogP contribution in [0.1, 0.15) is 58.8 Å². The van der Waals surface area contributed by atoms with Gasteiger partial charge in [-0.15, -0.1) is 0 Å². The van der Waals surface area contributed by atoms with Gasteiger partial charge in [0.1, 0.15) is 5.75 Å². The minimum absolute atomic E-state index is 0.000618. The summed E-state index contributed by atoms with van der Waals surface area (Å²) in [5.41, 5.74) is 5.57. The van der Waals surface area contributed by atoms with Gasteiger partial charge in [0, 0.05) is 49.5 Å². The van der Waals surface area contributed by atoms with Crippen molar-refractivity contribution in [1.82, 2.24) is 10.2 Å². The first kappa shape index (κ1) is 31.6. The molecule has 4 rings (SSSR count). The summed E-state index contributed by atoms with van der Waals surface area (Å²) in [5, 5.41) is 12.5. The Bertz CT molecular complexity index is 1400. The minimum Gasteiger partial charge on any atom is -0.482 e. The molecule has 43 heavy (non-hydrogen) atoms. The van der Waals surface area contributed by atoms with Crippen molar-refractivity contribution in [2.75, 3.05) is 38.3 Å². The third-order valence-corrected chi connectivity index (χ3v) is 8.28. The molecule has 0 aliphatic carbocycles. The summed E-state index contributed by atoms with van der Waals surface area (Å²) in [5.74, 6) is 0.182. The van der Waals surface area contributed by atoms with Crippen molar-refractivity contribution in [3.63, 3.8) is 0 Å². The van der Waals surface area contributed by atoms with Crippen LogP contribution in [0.15, 0.2) is 66.7 Å². The molecule has 1 amide bonds. The zero-order chi connectivity index (χ0) is 30.8. The number of hydrogen-bond acceptors (Lipinski definition) is 7. The lowest BCUT2D eigenvalue weighted by Gasteiger charge is -2.42. The number of rotatable bonds is 12. The predicted molar refractivity (Wildman–Crippen MR) is 168 cm³/mol. The molecule has 1 aliphatic rings. The van der Waals surface area contributed by atoms with Gasteiger partial charge in [0.25, 0.3) is 5.91 Å². The van der Waals surface area contributed by atoms with Crippen LogP contribution in [0.4, 0.5) is 5.69 Å². The molecule has 226 valence electrons. The first-order valence-corrected chi connectivity index (χ1v) is 14.9. The number of amides is 1. The van der Waals surface area contributed by atoms with E-state index in [1.165, 1.54) is 7.11 Å². The van der Waals surface area contributed by atoms with Gasteiger partial charge in [-0.25, -0.2) is 4.79 Å². The molecule has 1 N–H and O–H groups in total. The smallest absolute Gasteiger partial charge is 0.343 e. The fourth-order valence-corrected chi connectivity index (χ4v) is 5.78. The Balaban J connectivity index is 1.37. The summed E-state index contributed by atoms with van der Waals surface area (Å²) in [6.45, 7) is 9.31.